The van der Waals surface area contributed by atoms with Gasteiger partial charge in [0.15, 0.2) is 0 Å². The van der Waals surface area contributed by atoms with Crippen molar-refractivity contribution in [3.8, 4) is 5.69 Å². The molecule has 1 aromatic heterocycles. The molecule has 27 heavy (non-hydrogen) atoms. The first-order valence-electron chi connectivity index (χ1n) is 9.78. The Labute approximate surface area is 160 Å². The third kappa shape index (κ3) is 4.38. The average molecular weight is 372 g/mol. The lowest BCUT2D eigenvalue weighted by molar-refractivity contribution is 0.0797. The van der Waals surface area contributed by atoms with E-state index in [2.05, 4.69) is 29.2 Å². The van der Waals surface area contributed by atoms with Gasteiger partial charge in [0.25, 0.3) is 5.91 Å². The van der Waals surface area contributed by atoms with Gasteiger partial charge in [0.1, 0.15) is 5.82 Å². The second-order valence-corrected chi connectivity index (χ2v) is 7.79. The van der Waals surface area contributed by atoms with Gasteiger partial charge in [0.05, 0.1) is 23.1 Å². The number of nitrogens with one attached hydrogen (secondary N) is 1. The zero-order chi connectivity index (χ0) is 19.4. The molecule has 0 bridgehead atoms. The summed E-state index contributed by atoms with van der Waals surface area (Å²) in [5.41, 5.74) is 2.09. The van der Waals surface area contributed by atoms with Crippen LogP contribution in [0.5, 0.6) is 0 Å². The molecule has 146 valence electrons. The van der Waals surface area contributed by atoms with Gasteiger partial charge >= 0.3 is 0 Å². The van der Waals surface area contributed by atoms with Crippen molar-refractivity contribution < 1.29 is 9.18 Å². The third-order valence-corrected chi connectivity index (χ3v) is 5.41. The van der Waals surface area contributed by atoms with Gasteiger partial charge in [-0.25, -0.2) is 9.07 Å². The van der Waals surface area contributed by atoms with Crippen LogP contribution >= 0.6 is 0 Å². The van der Waals surface area contributed by atoms with Gasteiger partial charge in [0.2, 0.25) is 0 Å². The molecule has 0 radical (unpaired) electrons. The minimum absolute atomic E-state index is 0.0740. The standard InChI is InChI=1S/C21H29FN4O/c1-4-19-18(14-24-26(19)17-10-8-16(22)9-11-17)20(27)23-15-21(2,3)25-12-6-5-7-13-25/h8-11,14H,4-7,12-13,15H2,1-3H3,(H,23,27). The average Bonchev–Trinajstić information content (AvgIpc) is 3.11. The Morgan fingerprint density at radius 3 is 2.48 bits per heavy atom. The molecule has 3 rings (SSSR count). The van der Waals surface area contributed by atoms with E-state index in [1.807, 2.05) is 6.92 Å². The Morgan fingerprint density at radius 1 is 1.19 bits per heavy atom. The van der Waals surface area contributed by atoms with Crippen LogP contribution in [-0.2, 0) is 6.42 Å². The molecule has 0 unspecified atom stereocenters. The van der Waals surface area contributed by atoms with E-state index in [0.29, 0.717) is 18.5 Å². The number of benzene rings is 1. The smallest absolute Gasteiger partial charge is 0.254 e. The summed E-state index contributed by atoms with van der Waals surface area (Å²) < 4.78 is 14.9. The molecule has 1 aromatic carbocycles. The lowest BCUT2D eigenvalue weighted by Crippen LogP contribution is -2.53. The maximum absolute atomic E-state index is 13.2. The minimum Gasteiger partial charge on any atom is -0.350 e. The first kappa shape index (κ1) is 19.5. The topological polar surface area (TPSA) is 50.2 Å². The van der Waals surface area contributed by atoms with Crippen molar-refractivity contribution in [2.75, 3.05) is 19.6 Å². The highest BCUT2D eigenvalue weighted by atomic mass is 19.1. The van der Waals surface area contributed by atoms with E-state index in [9.17, 15) is 9.18 Å². The van der Waals surface area contributed by atoms with E-state index in [0.717, 1.165) is 24.5 Å². The molecule has 1 aliphatic heterocycles. The highest BCUT2D eigenvalue weighted by Crippen LogP contribution is 2.21. The molecule has 1 amide bonds. The van der Waals surface area contributed by atoms with Crippen LogP contribution in [-0.4, -0.2) is 45.8 Å². The number of nitrogens with zero attached hydrogens (tertiary/aromatic N) is 3. The van der Waals surface area contributed by atoms with Crippen LogP contribution < -0.4 is 5.32 Å². The normalized spacial score (nSPS) is 15.7. The predicted octanol–water partition coefficient (Wildman–Crippen LogP) is 3.57. The van der Waals surface area contributed by atoms with Gasteiger partial charge in [-0.05, 0) is 70.5 Å². The van der Waals surface area contributed by atoms with Crippen molar-refractivity contribution in [2.24, 2.45) is 0 Å². The van der Waals surface area contributed by atoms with E-state index in [-0.39, 0.29) is 17.3 Å². The number of hydrogen-bond acceptors (Lipinski definition) is 3. The van der Waals surface area contributed by atoms with Crippen LogP contribution in [0, 0.1) is 5.82 Å². The van der Waals surface area contributed by atoms with Gasteiger partial charge in [-0.1, -0.05) is 13.3 Å². The summed E-state index contributed by atoms with van der Waals surface area (Å²) in [5.74, 6) is -0.396. The molecule has 2 aromatic rings. The van der Waals surface area contributed by atoms with Gasteiger partial charge in [-0.3, -0.25) is 9.69 Å². The van der Waals surface area contributed by atoms with Crippen LogP contribution in [0.15, 0.2) is 30.5 Å². The summed E-state index contributed by atoms with van der Waals surface area (Å²) in [6, 6.07) is 6.14. The monoisotopic (exact) mass is 372 g/mol. The largest absolute Gasteiger partial charge is 0.350 e. The van der Waals surface area contributed by atoms with Crippen LogP contribution in [0.2, 0.25) is 0 Å². The Hall–Kier alpha value is -2.21. The SMILES string of the molecule is CCc1c(C(=O)NCC(C)(C)N2CCCCC2)cnn1-c1ccc(F)cc1. The fraction of sp³-hybridized carbons (Fsp3) is 0.524. The molecule has 6 heteroatoms. The molecule has 1 fully saturated rings. The molecule has 0 spiro atoms. The Bertz CT molecular complexity index is 776. The van der Waals surface area contributed by atoms with Crippen molar-refractivity contribution in [1.29, 1.82) is 0 Å². The molecule has 5 nitrogen and oxygen atoms in total. The fourth-order valence-corrected chi connectivity index (χ4v) is 3.71. The summed E-state index contributed by atoms with van der Waals surface area (Å²) in [6.45, 7) is 9.13. The lowest BCUT2D eigenvalue weighted by Gasteiger charge is -2.41. The first-order chi connectivity index (χ1) is 12.9. The molecule has 0 aliphatic carbocycles. The number of piperidine rings is 1. The Kier molecular flexibility index (Phi) is 5.95. The van der Waals surface area contributed by atoms with Crippen LogP contribution in [0.4, 0.5) is 4.39 Å². The summed E-state index contributed by atoms with van der Waals surface area (Å²) in [7, 11) is 0. The molecule has 1 aliphatic rings. The molecule has 1 N–H and O–H groups in total. The number of carbonyl (C=O) groups excluding carboxylic acids is 1. The zero-order valence-corrected chi connectivity index (χ0v) is 16.5. The molecule has 0 saturated carbocycles. The number of hydrogen-bond donors (Lipinski definition) is 1. The highest BCUT2D eigenvalue weighted by Gasteiger charge is 2.29. The molecule has 1 saturated heterocycles. The number of rotatable bonds is 6. The van der Waals surface area contributed by atoms with Gasteiger partial charge in [-0.2, -0.15) is 5.10 Å². The number of aromatic nitrogens is 2. The lowest BCUT2D eigenvalue weighted by atomic mass is 9.98. The highest BCUT2D eigenvalue weighted by molar-refractivity contribution is 5.95. The van der Waals surface area contributed by atoms with Crippen molar-refractivity contribution in [1.82, 2.24) is 20.0 Å². The second-order valence-electron chi connectivity index (χ2n) is 7.79. The molecular formula is C21H29FN4O. The van der Waals surface area contributed by atoms with Crippen molar-refractivity contribution >= 4 is 5.91 Å². The van der Waals surface area contributed by atoms with Gasteiger partial charge < -0.3 is 5.32 Å². The second kappa shape index (κ2) is 8.21. The summed E-state index contributed by atoms with van der Waals surface area (Å²) in [5, 5.41) is 7.46. The zero-order valence-electron chi connectivity index (χ0n) is 16.5. The van der Waals surface area contributed by atoms with Crippen LogP contribution in [0.25, 0.3) is 5.69 Å². The summed E-state index contributed by atoms with van der Waals surface area (Å²) >= 11 is 0. The Morgan fingerprint density at radius 2 is 1.85 bits per heavy atom. The van der Waals surface area contributed by atoms with Crippen molar-refractivity contribution in [2.45, 2.75) is 52.0 Å². The van der Waals surface area contributed by atoms with E-state index >= 15 is 0 Å². The molecular weight excluding hydrogens is 343 g/mol. The van der Waals surface area contributed by atoms with Crippen molar-refractivity contribution in [3.63, 3.8) is 0 Å². The van der Waals surface area contributed by atoms with Gasteiger partial charge in [0, 0.05) is 12.1 Å². The maximum atomic E-state index is 13.2. The van der Waals surface area contributed by atoms with E-state index in [1.165, 1.54) is 31.4 Å². The van der Waals surface area contributed by atoms with Gasteiger partial charge in [-0.15, -0.1) is 0 Å². The molecule has 2 heterocycles. The number of halogens is 1. The quantitative estimate of drug-likeness (QED) is 0.843. The van der Waals surface area contributed by atoms with E-state index < -0.39 is 0 Å². The van der Waals surface area contributed by atoms with E-state index in [4.69, 9.17) is 0 Å². The Balaban J connectivity index is 1.72. The number of likely N-dealkylation sites (tertiary alicyclic amines) is 1. The predicted molar refractivity (Wildman–Crippen MR) is 105 cm³/mol. The number of carbonyl (C=O) groups is 1. The van der Waals surface area contributed by atoms with Crippen molar-refractivity contribution in [3.05, 3.63) is 47.5 Å². The molecule has 0 atom stereocenters. The summed E-state index contributed by atoms with van der Waals surface area (Å²) in [4.78, 5) is 15.3. The van der Waals surface area contributed by atoms with Crippen LogP contribution in [0.3, 0.4) is 0 Å². The summed E-state index contributed by atoms with van der Waals surface area (Å²) in [6.07, 6.45) is 6.01. The third-order valence-electron chi connectivity index (χ3n) is 5.41. The van der Waals surface area contributed by atoms with E-state index in [1.54, 1.807) is 23.0 Å². The fourth-order valence-electron chi connectivity index (χ4n) is 3.71. The minimum atomic E-state index is -0.290. The maximum Gasteiger partial charge on any atom is 0.254 e. The first-order valence-corrected chi connectivity index (χ1v) is 9.78. The van der Waals surface area contributed by atoms with Crippen LogP contribution in [0.1, 0.15) is 56.1 Å². The number of amides is 1.